The van der Waals surface area contributed by atoms with Crippen molar-refractivity contribution in [3.8, 4) is 0 Å². The number of Topliss-reactive ketones (excluding diaryl/α,β-unsaturated/α-hetero) is 1. The summed E-state index contributed by atoms with van der Waals surface area (Å²) in [6, 6.07) is 15.9. The Labute approximate surface area is 131 Å². The van der Waals surface area contributed by atoms with Crippen molar-refractivity contribution in [1.29, 1.82) is 0 Å². The van der Waals surface area contributed by atoms with Gasteiger partial charge in [0.05, 0.1) is 0 Å². The summed E-state index contributed by atoms with van der Waals surface area (Å²) in [5.41, 5.74) is 4.13. The summed E-state index contributed by atoms with van der Waals surface area (Å²) >= 11 is 5.43. The minimum Gasteiger partial charge on any atom is -0.295 e. The number of carbonyl (C=O) groups is 1. The third-order valence-corrected chi connectivity index (χ3v) is 3.76. The van der Waals surface area contributed by atoms with Crippen LogP contribution in [0.2, 0.25) is 0 Å². The van der Waals surface area contributed by atoms with Crippen LogP contribution < -0.4 is 0 Å². The molecule has 0 atom stereocenters. The Bertz CT molecular complexity index is 664. The predicted octanol–water partition coefficient (Wildman–Crippen LogP) is 4.88. The lowest BCUT2D eigenvalue weighted by Gasteiger charge is -2.01. The third kappa shape index (κ3) is 4.20. The molecule has 0 aliphatic carbocycles. The number of hydrogen-bond donors (Lipinski definition) is 0. The predicted molar refractivity (Wildman–Crippen MR) is 93.0 cm³/mol. The fourth-order valence-electron chi connectivity index (χ4n) is 2.00. The van der Waals surface area contributed by atoms with E-state index >= 15 is 0 Å². The number of hydrogen-bond acceptors (Lipinski definition) is 2. The van der Waals surface area contributed by atoms with E-state index in [1.165, 1.54) is 5.56 Å². The van der Waals surface area contributed by atoms with Crippen molar-refractivity contribution in [3.05, 3.63) is 76.9 Å². The van der Waals surface area contributed by atoms with Crippen LogP contribution in [0.25, 0.3) is 6.08 Å². The molecule has 0 bridgehead atoms. The lowest BCUT2D eigenvalue weighted by Crippen LogP contribution is -1.93. The molecule has 0 radical (unpaired) electrons. The highest BCUT2D eigenvalue weighted by Crippen LogP contribution is 2.10. The van der Waals surface area contributed by atoms with Crippen molar-refractivity contribution >= 4 is 28.9 Å². The van der Waals surface area contributed by atoms with Gasteiger partial charge in [0.1, 0.15) is 0 Å². The zero-order valence-electron chi connectivity index (χ0n) is 12.3. The maximum Gasteiger partial charge on any atom is 0.159 e. The lowest BCUT2D eigenvalue weighted by molar-refractivity contribution is 0.101. The van der Waals surface area contributed by atoms with Gasteiger partial charge in [-0.25, -0.2) is 0 Å². The molecule has 0 amide bonds. The minimum absolute atomic E-state index is 0.0806. The van der Waals surface area contributed by atoms with E-state index in [9.17, 15) is 4.79 Å². The largest absolute Gasteiger partial charge is 0.295 e. The molecule has 2 aromatic rings. The van der Waals surface area contributed by atoms with E-state index in [0.29, 0.717) is 0 Å². The lowest BCUT2D eigenvalue weighted by atomic mass is 10.1. The molecule has 21 heavy (non-hydrogen) atoms. The Balaban J connectivity index is 2.08. The van der Waals surface area contributed by atoms with Crippen LogP contribution in [0.4, 0.5) is 0 Å². The third-order valence-electron chi connectivity index (χ3n) is 3.39. The van der Waals surface area contributed by atoms with Gasteiger partial charge in [0.2, 0.25) is 0 Å². The summed E-state index contributed by atoms with van der Waals surface area (Å²) in [6.07, 6.45) is 4.93. The number of aryl methyl sites for hydroxylation is 1. The topological polar surface area (TPSA) is 17.1 Å². The molecule has 1 nitrogen and oxygen atoms in total. The average Bonchev–Trinajstić information content (AvgIpc) is 2.53. The van der Waals surface area contributed by atoms with Gasteiger partial charge in [-0.1, -0.05) is 73.7 Å². The van der Waals surface area contributed by atoms with Crippen molar-refractivity contribution in [2.45, 2.75) is 20.3 Å². The summed E-state index contributed by atoms with van der Waals surface area (Å²) in [5.74, 6) is 0.0806. The van der Waals surface area contributed by atoms with Gasteiger partial charge in [-0.15, -0.1) is 0 Å². The Morgan fingerprint density at radius 1 is 1.00 bits per heavy atom. The van der Waals surface area contributed by atoms with Gasteiger partial charge in [-0.2, -0.15) is 0 Å². The molecule has 2 heteroatoms. The minimum atomic E-state index is 0.0806. The van der Waals surface area contributed by atoms with Crippen LogP contribution in [0.1, 0.15) is 40.9 Å². The fourth-order valence-corrected chi connectivity index (χ4v) is 2.21. The van der Waals surface area contributed by atoms with Crippen molar-refractivity contribution in [3.63, 3.8) is 0 Å². The van der Waals surface area contributed by atoms with Crippen LogP contribution in [0.5, 0.6) is 0 Å². The first-order chi connectivity index (χ1) is 10.1. The zero-order chi connectivity index (χ0) is 15.2. The van der Waals surface area contributed by atoms with E-state index in [1.807, 2.05) is 36.4 Å². The molecule has 0 aliphatic rings. The second kappa shape index (κ2) is 7.09. The van der Waals surface area contributed by atoms with E-state index in [0.717, 1.165) is 28.0 Å². The Kier molecular flexibility index (Phi) is 5.18. The second-order valence-electron chi connectivity index (χ2n) is 4.93. The standard InChI is InChI=1S/C19H18OS/c1-3-15-4-11-18(12-5-15)19(21)13-8-16-6-9-17(10-7-16)14(2)20/h4-13H,3H2,1-2H3. The zero-order valence-corrected chi connectivity index (χ0v) is 13.1. The second-order valence-corrected chi connectivity index (χ2v) is 5.37. The van der Waals surface area contributed by atoms with Crippen LogP contribution in [0.3, 0.4) is 0 Å². The summed E-state index contributed by atoms with van der Waals surface area (Å²) in [7, 11) is 0. The molecule has 0 unspecified atom stereocenters. The van der Waals surface area contributed by atoms with Gasteiger partial charge in [0.15, 0.2) is 5.78 Å². The molecule has 2 rings (SSSR count). The molecule has 2 aromatic carbocycles. The molecular formula is C19H18OS. The highest BCUT2D eigenvalue weighted by molar-refractivity contribution is 7.81. The van der Waals surface area contributed by atoms with Crippen LogP contribution in [-0.4, -0.2) is 10.6 Å². The number of rotatable bonds is 5. The first-order valence-electron chi connectivity index (χ1n) is 7.02. The van der Waals surface area contributed by atoms with Crippen LogP contribution >= 0.6 is 12.2 Å². The number of benzene rings is 2. The fraction of sp³-hybridized carbons (Fsp3) is 0.158. The monoisotopic (exact) mass is 294 g/mol. The van der Waals surface area contributed by atoms with E-state index in [-0.39, 0.29) is 5.78 Å². The van der Waals surface area contributed by atoms with Gasteiger partial charge in [-0.05, 0) is 36.1 Å². The summed E-state index contributed by atoms with van der Waals surface area (Å²) in [6.45, 7) is 3.71. The quantitative estimate of drug-likeness (QED) is 0.444. The molecule has 0 fully saturated rings. The van der Waals surface area contributed by atoms with E-state index in [2.05, 4.69) is 31.2 Å². The summed E-state index contributed by atoms with van der Waals surface area (Å²) < 4.78 is 0. The molecular weight excluding hydrogens is 276 g/mol. The van der Waals surface area contributed by atoms with E-state index in [4.69, 9.17) is 12.2 Å². The van der Waals surface area contributed by atoms with Gasteiger partial charge in [0, 0.05) is 10.4 Å². The number of allylic oxidation sites excluding steroid dienone is 1. The molecule has 106 valence electrons. The SMILES string of the molecule is CCc1ccc(C(=S)C=Cc2ccc(C(C)=O)cc2)cc1. The molecule has 0 aliphatic heterocycles. The Morgan fingerprint density at radius 2 is 1.57 bits per heavy atom. The van der Waals surface area contributed by atoms with Gasteiger partial charge >= 0.3 is 0 Å². The van der Waals surface area contributed by atoms with E-state index < -0.39 is 0 Å². The molecule has 0 N–H and O–H groups in total. The Morgan fingerprint density at radius 3 is 2.10 bits per heavy atom. The van der Waals surface area contributed by atoms with Gasteiger partial charge in [0.25, 0.3) is 0 Å². The number of thiocarbonyl (C=S) groups is 1. The Hall–Kier alpha value is -2.06. The smallest absolute Gasteiger partial charge is 0.159 e. The maximum absolute atomic E-state index is 11.2. The number of carbonyl (C=O) groups excluding carboxylic acids is 1. The van der Waals surface area contributed by atoms with Crippen LogP contribution in [-0.2, 0) is 6.42 Å². The van der Waals surface area contributed by atoms with E-state index in [1.54, 1.807) is 6.92 Å². The molecule has 0 spiro atoms. The molecule has 0 saturated heterocycles. The van der Waals surface area contributed by atoms with Crippen molar-refractivity contribution in [1.82, 2.24) is 0 Å². The molecule has 0 aromatic heterocycles. The number of ketones is 1. The molecule has 0 heterocycles. The molecule has 0 saturated carbocycles. The van der Waals surface area contributed by atoms with Crippen LogP contribution in [0.15, 0.2) is 54.6 Å². The van der Waals surface area contributed by atoms with Gasteiger partial charge in [-0.3, -0.25) is 4.79 Å². The highest BCUT2D eigenvalue weighted by Gasteiger charge is 1.99. The van der Waals surface area contributed by atoms with Crippen molar-refractivity contribution < 1.29 is 4.79 Å². The summed E-state index contributed by atoms with van der Waals surface area (Å²) in [4.78, 5) is 12.0. The summed E-state index contributed by atoms with van der Waals surface area (Å²) in [5, 5.41) is 0. The van der Waals surface area contributed by atoms with Gasteiger partial charge < -0.3 is 0 Å². The first-order valence-corrected chi connectivity index (χ1v) is 7.43. The normalized spacial score (nSPS) is 10.8. The average molecular weight is 294 g/mol. The van der Waals surface area contributed by atoms with Crippen molar-refractivity contribution in [2.75, 3.05) is 0 Å². The maximum atomic E-state index is 11.2. The highest BCUT2D eigenvalue weighted by atomic mass is 32.1. The van der Waals surface area contributed by atoms with Crippen molar-refractivity contribution in [2.24, 2.45) is 0 Å². The first kappa shape index (κ1) is 15.3. The van der Waals surface area contributed by atoms with Crippen LogP contribution in [0, 0.1) is 0 Å².